The molecule has 0 radical (unpaired) electrons. The number of rotatable bonds is 28. The molecule has 1 aliphatic rings. The highest BCUT2D eigenvalue weighted by atomic mass is 15.4. The van der Waals surface area contributed by atoms with Gasteiger partial charge in [0.1, 0.15) is 6.17 Å². The Balaban J connectivity index is 2.12. The summed E-state index contributed by atoms with van der Waals surface area (Å²) in [6.45, 7) is 9.46. The van der Waals surface area contributed by atoms with Crippen LogP contribution < -0.4 is 0 Å². The highest BCUT2D eigenvalue weighted by molar-refractivity contribution is 4.97. The molecule has 0 saturated carbocycles. The maximum absolute atomic E-state index is 2.68. The molecule has 0 bridgehead atoms. The van der Waals surface area contributed by atoms with Gasteiger partial charge >= 0.3 is 0 Å². The zero-order chi connectivity index (χ0) is 25.9. The Hall–Kier alpha value is -0.660. The van der Waals surface area contributed by atoms with Crippen LogP contribution in [0.3, 0.4) is 0 Å². The molecular formula is C34H68N2. The summed E-state index contributed by atoms with van der Waals surface area (Å²) in [7, 11) is 0. The van der Waals surface area contributed by atoms with Crippen molar-refractivity contribution in [3.8, 4) is 0 Å². The van der Waals surface area contributed by atoms with E-state index in [-0.39, 0.29) is 0 Å². The van der Waals surface area contributed by atoms with Gasteiger partial charge in [-0.1, -0.05) is 162 Å². The molecule has 2 heteroatoms. The van der Waals surface area contributed by atoms with E-state index in [0.717, 1.165) is 0 Å². The lowest BCUT2D eigenvalue weighted by molar-refractivity contribution is 0.135. The van der Waals surface area contributed by atoms with Gasteiger partial charge in [0.05, 0.1) is 0 Å². The van der Waals surface area contributed by atoms with Gasteiger partial charge < -0.3 is 9.80 Å². The van der Waals surface area contributed by atoms with Gasteiger partial charge in [-0.15, -0.1) is 0 Å². The van der Waals surface area contributed by atoms with Crippen molar-refractivity contribution in [2.24, 2.45) is 0 Å². The Kier molecular flexibility index (Phi) is 24.1. The van der Waals surface area contributed by atoms with E-state index in [4.69, 9.17) is 0 Å². The van der Waals surface area contributed by atoms with E-state index in [2.05, 4.69) is 43.0 Å². The minimum Gasteiger partial charge on any atom is -0.356 e. The second kappa shape index (κ2) is 26.0. The first-order chi connectivity index (χ1) is 17.8. The molecule has 36 heavy (non-hydrogen) atoms. The van der Waals surface area contributed by atoms with Gasteiger partial charge in [-0.05, 0) is 25.7 Å². The summed E-state index contributed by atoms with van der Waals surface area (Å²) >= 11 is 0. The van der Waals surface area contributed by atoms with E-state index >= 15 is 0 Å². The third kappa shape index (κ3) is 18.6. The summed E-state index contributed by atoms with van der Waals surface area (Å²) in [5, 5.41) is 0. The van der Waals surface area contributed by atoms with E-state index in [1.54, 1.807) is 0 Å². The fourth-order valence-electron chi connectivity index (χ4n) is 5.83. The smallest absolute Gasteiger partial charge is 0.101 e. The molecule has 0 aliphatic carbocycles. The van der Waals surface area contributed by atoms with E-state index in [9.17, 15) is 0 Å². The first kappa shape index (κ1) is 33.4. The van der Waals surface area contributed by atoms with Crippen LogP contribution in [0.2, 0.25) is 0 Å². The van der Waals surface area contributed by atoms with Crippen molar-refractivity contribution >= 4 is 0 Å². The van der Waals surface area contributed by atoms with E-state index in [0.29, 0.717) is 6.17 Å². The average molecular weight is 505 g/mol. The van der Waals surface area contributed by atoms with E-state index in [1.165, 1.54) is 180 Å². The maximum atomic E-state index is 2.68. The molecule has 1 aliphatic heterocycles. The fraction of sp³-hybridized carbons (Fsp3) is 0.941. The fourth-order valence-corrected chi connectivity index (χ4v) is 5.83. The number of unbranched alkanes of at least 4 members (excludes halogenated alkanes) is 22. The molecule has 2 nitrogen and oxygen atoms in total. The van der Waals surface area contributed by atoms with Crippen molar-refractivity contribution in [3.05, 3.63) is 12.4 Å². The lowest BCUT2D eigenvalue weighted by Gasteiger charge is -2.33. The second-order valence-corrected chi connectivity index (χ2v) is 11.8. The van der Waals surface area contributed by atoms with Crippen LogP contribution in [-0.4, -0.2) is 29.1 Å². The highest BCUT2D eigenvalue weighted by Crippen LogP contribution is 2.24. The predicted molar refractivity (Wildman–Crippen MR) is 163 cm³/mol. The Bertz CT molecular complexity index is 436. The number of hydrogen-bond acceptors (Lipinski definition) is 2. The summed E-state index contributed by atoms with van der Waals surface area (Å²) in [5.74, 6) is 0. The lowest BCUT2D eigenvalue weighted by atomic mass is 10.0. The predicted octanol–water partition coefficient (Wildman–Crippen LogP) is 11.6. The molecule has 0 amide bonds. The summed E-state index contributed by atoms with van der Waals surface area (Å²) in [5.41, 5.74) is 0. The van der Waals surface area contributed by atoms with Crippen LogP contribution in [0.5, 0.6) is 0 Å². The molecule has 0 atom stereocenters. The number of nitrogens with zero attached hydrogens (tertiary/aromatic N) is 2. The van der Waals surface area contributed by atoms with Gasteiger partial charge in [-0.2, -0.15) is 0 Å². The molecule has 1 heterocycles. The average Bonchev–Trinajstić information content (AvgIpc) is 3.27. The van der Waals surface area contributed by atoms with Gasteiger partial charge in [0.2, 0.25) is 0 Å². The van der Waals surface area contributed by atoms with Gasteiger partial charge in [0, 0.05) is 25.5 Å². The lowest BCUT2D eigenvalue weighted by Crippen LogP contribution is -2.39. The van der Waals surface area contributed by atoms with Gasteiger partial charge in [-0.25, -0.2) is 0 Å². The summed E-state index contributed by atoms with van der Waals surface area (Å²) in [6.07, 6.45) is 42.5. The molecule has 0 saturated heterocycles. The SMILES string of the molecule is CCCCCCCCCCCCCCCCCC1N(CCCCCCC)C=CN1CCCCCCC. The Labute approximate surface area is 229 Å². The van der Waals surface area contributed by atoms with Crippen molar-refractivity contribution < 1.29 is 0 Å². The quantitative estimate of drug-likeness (QED) is 0.0977. The van der Waals surface area contributed by atoms with Crippen LogP contribution in [0.4, 0.5) is 0 Å². The van der Waals surface area contributed by atoms with Gasteiger partial charge in [0.15, 0.2) is 0 Å². The molecule has 214 valence electrons. The maximum Gasteiger partial charge on any atom is 0.101 e. The second-order valence-electron chi connectivity index (χ2n) is 11.8. The standard InChI is InChI=1S/C34H68N2/c1-4-7-10-13-14-15-16-17-18-19-20-21-22-23-26-29-34-35(30-27-24-11-8-5-2)32-33-36(34)31-28-25-12-9-6-3/h32-34H,4-31H2,1-3H3. The Morgan fingerprint density at radius 3 is 0.972 bits per heavy atom. The molecule has 0 aromatic heterocycles. The van der Waals surface area contributed by atoms with Crippen molar-refractivity contribution in [1.29, 1.82) is 0 Å². The highest BCUT2D eigenvalue weighted by Gasteiger charge is 2.24. The van der Waals surface area contributed by atoms with Crippen LogP contribution in [-0.2, 0) is 0 Å². The molecule has 1 rings (SSSR count). The topological polar surface area (TPSA) is 6.48 Å². The summed E-state index contributed by atoms with van der Waals surface area (Å²) < 4.78 is 0. The Morgan fingerprint density at radius 1 is 0.361 bits per heavy atom. The zero-order valence-electron chi connectivity index (χ0n) is 25.4. The molecule has 0 fully saturated rings. The van der Waals surface area contributed by atoms with Crippen LogP contribution >= 0.6 is 0 Å². The number of hydrogen-bond donors (Lipinski definition) is 0. The van der Waals surface area contributed by atoms with Crippen molar-refractivity contribution in [3.63, 3.8) is 0 Å². The normalized spacial score (nSPS) is 14.0. The van der Waals surface area contributed by atoms with E-state index < -0.39 is 0 Å². The third-order valence-corrected chi connectivity index (χ3v) is 8.32. The van der Waals surface area contributed by atoms with Crippen LogP contribution in [0.15, 0.2) is 12.4 Å². The van der Waals surface area contributed by atoms with E-state index in [1.807, 2.05) is 0 Å². The zero-order valence-corrected chi connectivity index (χ0v) is 25.4. The van der Waals surface area contributed by atoms with Gasteiger partial charge in [-0.3, -0.25) is 0 Å². The van der Waals surface area contributed by atoms with Crippen molar-refractivity contribution in [2.75, 3.05) is 13.1 Å². The molecule has 0 unspecified atom stereocenters. The largest absolute Gasteiger partial charge is 0.356 e. The van der Waals surface area contributed by atoms with Crippen molar-refractivity contribution in [1.82, 2.24) is 9.80 Å². The van der Waals surface area contributed by atoms with Gasteiger partial charge in [0.25, 0.3) is 0 Å². The monoisotopic (exact) mass is 505 g/mol. The van der Waals surface area contributed by atoms with Crippen LogP contribution in [0.25, 0.3) is 0 Å². The minimum atomic E-state index is 0.643. The van der Waals surface area contributed by atoms with Crippen LogP contribution in [0, 0.1) is 0 Å². The Morgan fingerprint density at radius 2 is 0.639 bits per heavy atom. The summed E-state index contributed by atoms with van der Waals surface area (Å²) in [6, 6.07) is 0. The third-order valence-electron chi connectivity index (χ3n) is 8.32. The first-order valence-corrected chi connectivity index (χ1v) is 17.0. The molecular weight excluding hydrogens is 436 g/mol. The molecule has 0 N–H and O–H groups in total. The molecule has 0 aromatic rings. The van der Waals surface area contributed by atoms with Crippen LogP contribution in [0.1, 0.15) is 188 Å². The minimum absolute atomic E-state index is 0.643. The first-order valence-electron chi connectivity index (χ1n) is 17.0. The molecule has 0 spiro atoms. The summed E-state index contributed by atoms with van der Waals surface area (Å²) in [4.78, 5) is 5.36. The molecule has 0 aromatic carbocycles. The van der Waals surface area contributed by atoms with Crippen molar-refractivity contribution in [2.45, 2.75) is 194 Å².